The predicted octanol–water partition coefficient (Wildman–Crippen LogP) is 1.55. The average molecular weight is 256 g/mol. The van der Waals surface area contributed by atoms with Gasteiger partial charge in [-0.1, -0.05) is 12.1 Å². The Morgan fingerprint density at radius 1 is 1.53 bits per heavy atom. The number of benzene rings is 1. The van der Waals surface area contributed by atoms with Crippen LogP contribution in [0.1, 0.15) is 0 Å². The van der Waals surface area contributed by atoms with E-state index in [4.69, 9.17) is 0 Å². The molecule has 0 radical (unpaired) electrons. The van der Waals surface area contributed by atoms with Crippen LogP contribution >= 0.6 is 0 Å². The summed E-state index contributed by atoms with van der Waals surface area (Å²) in [5, 5.41) is 10.6. The highest BCUT2D eigenvalue weighted by molar-refractivity contribution is 7.92. The minimum atomic E-state index is -3.51. The molecule has 0 heterocycles. The van der Waals surface area contributed by atoms with Gasteiger partial charge in [-0.2, -0.15) is 0 Å². The smallest absolute Gasteiger partial charge is 0.271 e. The second-order valence-electron chi connectivity index (χ2n) is 3.31. The summed E-state index contributed by atoms with van der Waals surface area (Å²) >= 11 is 0. The number of hydrogen-bond donors (Lipinski definition) is 0. The molecule has 92 valence electrons. The lowest BCUT2D eigenvalue weighted by atomic mass is 10.3. The van der Waals surface area contributed by atoms with E-state index in [-0.39, 0.29) is 17.1 Å². The Balaban J connectivity index is 3.12. The molecular formula is C10H12N2O4S. The van der Waals surface area contributed by atoms with E-state index in [1.54, 1.807) is 0 Å². The number of sulfonamides is 1. The summed E-state index contributed by atoms with van der Waals surface area (Å²) in [6.45, 7) is 3.35. The maximum atomic E-state index is 11.7. The van der Waals surface area contributed by atoms with Gasteiger partial charge in [0.2, 0.25) is 10.0 Å². The van der Waals surface area contributed by atoms with Crippen molar-refractivity contribution >= 4 is 21.4 Å². The number of hydrogen-bond acceptors (Lipinski definition) is 4. The highest BCUT2D eigenvalue weighted by Crippen LogP contribution is 2.22. The van der Waals surface area contributed by atoms with Crippen LogP contribution in [0.5, 0.6) is 0 Å². The first-order valence-electron chi connectivity index (χ1n) is 4.70. The van der Waals surface area contributed by atoms with Crippen LogP contribution in [0.2, 0.25) is 0 Å². The van der Waals surface area contributed by atoms with E-state index in [0.717, 1.165) is 4.31 Å². The van der Waals surface area contributed by atoms with Gasteiger partial charge in [-0.25, -0.2) is 8.42 Å². The summed E-state index contributed by atoms with van der Waals surface area (Å²) in [6.07, 6.45) is 1.27. The van der Waals surface area contributed by atoms with E-state index < -0.39 is 14.9 Å². The van der Waals surface area contributed by atoms with Gasteiger partial charge in [-0.05, 0) is 6.07 Å². The molecule has 0 atom stereocenters. The molecule has 0 fully saturated rings. The molecule has 1 aromatic rings. The lowest BCUT2D eigenvalue weighted by Gasteiger charge is -2.18. The fourth-order valence-corrected chi connectivity index (χ4v) is 2.18. The average Bonchev–Trinajstić information content (AvgIpc) is 2.28. The van der Waals surface area contributed by atoms with Crippen molar-refractivity contribution in [2.75, 3.05) is 17.1 Å². The molecule has 0 aliphatic heterocycles. The second kappa shape index (κ2) is 4.96. The topological polar surface area (TPSA) is 80.5 Å². The molecule has 0 amide bonds. The van der Waals surface area contributed by atoms with Crippen molar-refractivity contribution in [2.45, 2.75) is 0 Å². The zero-order valence-electron chi connectivity index (χ0n) is 9.24. The van der Waals surface area contributed by atoms with Crippen molar-refractivity contribution in [3.8, 4) is 0 Å². The van der Waals surface area contributed by atoms with Crippen molar-refractivity contribution < 1.29 is 13.3 Å². The van der Waals surface area contributed by atoms with Crippen molar-refractivity contribution in [1.82, 2.24) is 0 Å². The number of nitro benzene ring substituents is 1. The van der Waals surface area contributed by atoms with Crippen LogP contribution in [0.25, 0.3) is 0 Å². The molecule has 1 rings (SSSR count). The minimum absolute atomic E-state index is 0.150. The summed E-state index contributed by atoms with van der Waals surface area (Å²) in [6, 6.07) is 5.44. The van der Waals surface area contributed by atoms with Gasteiger partial charge >= 0.3 is 0 Å². The van der Waals surface area contributed by atoms with Crippen LogP contribution in [-0.4, -0.2) is 26.1 Å². The van der Waals surface area contributed by atoms with Gasteiger partial charge in [0.05, 0.1) is 16.4 Å². The Labute approximate surface area is 99.4 Å². The molecule has 0 unspecified atom stereocenters. The molecule has 0 saturated heterocycles. The largest absolute Gasteiger partial charge is 0.273 e. The van der Waals surface area contributed by atoms with Crippen LogP contribution < -0.4 is 4.31 Å². The van der Waals surface area contributed by atoms with Gasteiger partial charge in [0.25, 0.3) is 5.69 Å². The molecule has 0 saturated carbocycles. The monoisotopic (exact) mass is 256 g/mol. The molecule has 0 aromatic heterocycles. The number of nitro groups is 1. The van der Waals surface area contributed by atoms with Crippen molar-refractivity contribution in [1.29, 1.82) is 0 Å². The van der Waals surface area contributed by atoms with Crippen molar-refractivity contribution in [2.24, 2.45) is 0 Å². The van der Waals surface area contributed by atoms with Gasteiger partial charge < -0.3 is 0 Å². The summed E-state index contributed by atoms with van der Waals surface area (Å²) in [5.74, 6) is -0.216. The van der Waals surface area contributed by atoms with Gasteiger partial charge in [-0.15, -0.1) is 6.58 Å². The van der Waals surface area contributed by atoms with E-state index in [0.29, 0.717) is 0 Å². The fourth-order valence-electron chi connectivity index (χ4n) is 1.22. The molecule has 7 heteroatoms. The normalized spacial score (nSPS) is 10.9. The van der Waals surface area contributed by atoms with E-state index >= 15 is 0 Å². The van der Waals surface area contributed by atoms with Crippen molar-refractivity contribution in [3.63, 3.8) is 0 Å². The van der Waals surface area contributed by atoms with Gasteiger partial charge in [-0.3, -0.25) is 14.4 Å². The van der Waals surface area contributed by atoms with Gasteiger partial charge in [0, 0.05) is 19.2 Å². The number of nitrogens with zero attached hydrogens (tertiary/aromatic N) is 2. The maximum Gasteiger partial charge on any atom is 0.271 e. The van der Waals surface area contributed by atoms with Gasteiger partial charge in [0.15, 0.2) is 0 Å². The summed E-state index contributed by atoms with van der Waals surface area (Å²) in [4.78, 5) is 10.0. The lowest BCUT2D eigenvalue weighted by Crippen LogP contribution is -2.28. The molecular weight excluding hydrogens is 244 g/mol. The van der Waals surface area contributed by atoms with E-state index in [2.05, 4.69) is 6.58 Å². The Kier molecular flexibility index (Phi) is 3.84. The van der Waals surface area contributed by atoms with Gasteiger partial charge in [0.1, 0.15) is 0 Å². The highest BCUT2D eigenvalue weighted by atomic mass is 32.2. The number of non-ortho nitro benzene ring substituents is 1. The van der Waals surface area contributed by atoms with Crippen LogP contribution in [0.4, 0.5) is 11.4 Å². The molecule has 0 spiro atoms. The van der Waals surface area contributed by atoms with Crippen LogP contribution in [0.3, 0.4) is 0 Å². The third kappa shape index (κ3) is 3.04. The lowest BCUT2D eigenvalue weighted by molar-refractivity contribution is -0.384. The highest BCUT2D eigenvalue weighted by Gasteiger charge is 2.18. The summed E-state index contributed by atoms with van der Waals surface area (Å²) in [7, 11) is -2.17. The Bertz CT molecular complexity index is 539. The van der Waals surface area contributed by atoms with Crippen LogP contribution in [-0.2, 0) is 10.0 Å². The van der Waals surface area contributed by atoms with E-state index in [1.165, 1.54) is 37.4 Å². The van der Waals surface area contributed by atoms with E-state index in [9.17, 15) is 18.5 Å². The third-order valence-electron chi connectivity index (χ3n) is 2.15. The standard InChI is InChI=1S/C10H12N2O4S/c1-3-7-17(15,16)11(2)9-5-4-6-10(8-9)12(13)14/h3-6,8H,1,7H2,2H3. The van der Waals surface area contributed by atoms with Crippen molar-refractivity contribution in [3.05, 3.63) is 47.0 Å². The third-order valence-corrected chi connectivity index (χ3v) is 3.85. The molecule has 0 N–H and O–H groups in total. The molecule has 17 heavy (non-hydrogen) atoms. The zero-order valence-corrected chi connectivity index (χ0v) is 10.1. The van der Waals surface area contributed by atoms with Crippen LogP contribution in [0, 0.1) is 10.1 Å². The second-order valence-corrected chi connectivity index (χ2v) is 5.36. The first-order valence-corrected chi connectivity index (χ1v) is 6.31. The predicted molar refractivity (Wildman–Crippen MR) is 65.5 cm³/mol. The Morgan fingerprint density at radius 3 is 2.71 bits per heavy atom. The molecule has 1 aromatic carbocycles. The minimum Gasteiger partial charge on any atom is -0.273 e. The Hall–Kier alpha value is -1.89. The zero-order chi connectivity index (χ0) is 13.1. The number of anilines is 1. The molecule has 0 bridgehead atoms. The first kappa shape index (κ1) is 13.2. The van der Waals surface area contributed by atoms with Crippen LogP contribution in [0.15, 0.2) is 36.9 Å². The number of rotatable bonds is 5. The SMILES string of the molecule is C=CCS(=O)(=O)N(C)c1cccc([N+](=O)[O-])c1. The summed E-state index contributed by atoms with van der Waals surface area (Å²) in [5.41, 5.74) is 0.101. The maximum absolute atomic E-state index is 11.7. The quantitative estimate of drug-likeness (QED) is 0.454. The molecule has 0 aliphatic carbocycles. The first-order chi connectivity index (χ1) is 7.88. The molecule has 6 nitrogen and oxygen atoms in total. The Morgan fingerprint density at radius 2 is 2.18 bits per heavy atom. The summed E-state index contributed by atoms with van der Waals surface area (Å²) < 4.78 is 24.4. The fraction of sp³-hybridized carbons (Fsp3) is 0.200. The molecule has 0 aliphatic rings. The van der Waals surface area contributed by atoms with E-state index in [1.807, 2.05) is 0 Å².